The number of aliphatic carboxylic acids is 1. The summed E-state index contributed by atoms with van der Waals surface area (Å²) in [5, 5.41) is 29.7. The zero-order chi connectivity index (χ0) is 37.2. The lowest BCUT2D eigenvalue weighted by molar-refractivity contribution is -0.161. The number of hydrogen-bond acceptors (Lipinski definition) is 10. The molecular formula is C41H42N6O5S. The fourth-order valence-corrected chi connectivity index (χ4v) is 9.50. The first-order valence-electron chi connectivity index (χ1n) is 18.0. The van der Waals surface area contributed by atoms with Crippen LogP contribution in [0.15, 0.2) is 52.9 Å². The van der Waals surface area contributed by atoms with Gasteiger partial charge in [0.1, 0.15) is 16.6 Å². The summed E-state index contributed by atoms with van der Waals surface area (Å²) in [6.45, 7) is 9.81. The topological polar surface area (TPSA) is 147 Å². The smallest absolute Gasteiger partial charge is 0.306 e. The van der Waals surface area contributed by atoms with Crippen molar-refractivity contribution in [1.82, 2.24) is 24.7 Å². The van der Waals surface area contributed by atoms with E-state index < -0.39 is 5.97 Å². The number of amides is 1. The van der Waals surface area contributed by atoms with Crippen LogP contribution in [-0.4, -0.2) is 86.1 Å². The molecule has 53 heavy (non-hydrogen) atoms. The Morgan fingerprint density at radius 2 is 1.74 bits per heavy atom. The summed E-state index contributed by atoms with van der Waals surface area (Å²) in [5.74, 6) is -0.413. The molecule has 3 aliphatic rings. The van der Waals surface area contributed by atoms with Gasteiger partial charge in [0.15, 0.2) is 5.58 Å². The molecule has 8 rings (SSSR count). The van der Waals surface area contributed by atoms with E-state index in [0.717, 1.165) is 80.5 Å². The average molecular weight is 731 g/mol. The van der Waals surface area contributed by atoms with Gasteiger partial charge >= 0.3 is 5.97 Å². The number of carbonyl (C=O) groups is 2. The monoisotopic (exact) mass is 730 g/mol. The molecule has 1 unspecified atom stereocenters. The molecule has 2 aliphatic heterocycles. The molecule has 2 aromatic heterocycles. The molecule has 11 nitrogen and oxygen atoms in total. The summed E-state index contributed by atoms with van der Waals surface area (Å²) in [6, 6.07) is 18.5. The highest BCUT2D eigenvalue weighted by Crippen LogP contribution is 2.52. The van der Waals surface area contributed by atoms with Gasteiger partial charge in [-0.05, 0) is 92.1 Å². The normalized spacial score (nSPS) is 17.2. The predicted molar refractivity (Wildman–Crippen MR) is 202 cm³/mol. The molecule has 1 atom stereocenters. The Balaban J connectivity index is 1.01. The number of likely N-dealkylation sites (tertiary alicyclic amines) is 1. The number of aliphatic hydroxyl groups is 1. The van der Waals surface area contributed by atoms with Crippen molar-refractivity contribution in [3.8, 4) is 39.2 Å². The highest BCUT2D eigenvalue weighted by molar-refractivity contribution is 7.15. The van der Waals surface area contributed by atoms with E-state index in [2.05, 4.69) is 49.1 Å². The number of benzene rings is 3. The first-order chi connectivity index (χ1) is 25.5. The number of thiazole rings is 1. The maximum absolute atomic E-state index is 13.0. The minimum absolute atomic E-state index is 0.00644. The average Bonchev–Trinajstić information content (AvgIpc) is 3.82. The number of carboxylic acid groups (broad SMARTS) is 1. The van der Waals surface area contributed by atoms with Crippen molar-refractivity contribution >= 4 is 34.3 Å². The Kier molecular flexibility index (Phi) is 8.94. The minimum atomic E-state index is -0.693. The Labute approximate surface area is 312 Å². The number of rotatable bonds is 10. The van der Waals surface area contributed by atoms with E-state index in [1.165, 1.54) is 0 Å². The van der Waals surface area contributed by atoms with Crippen molar-refractivity contribution in [3.05, 3.63) is 81.4 Å². The molecule has 4 heterocycles. The number of fused-ring (bicyclic) bond motifs is 2. The second-order valence-electron chi connectivity index (χ2n) is 15.3. The lowest BCUT2D eigenvalue weighted by Gasteiger charge is -2.58. The molecule has 12 heteroatoms. The van der Waals surface area contributed by atoms with Gasteiger partial charge in [0.2, 0.25) is 11.8 Å². The van der Waals surface area contributed by atoms with Crippen LogP contribution < -0.4 is 0 Å². The standard InChI is InChI=1S/C41H42N6O5S/c1-23(20-48)45(4)19-36(49)47-17-34-35(18-47)53-39(44-34)32-10-6-8-30(25(32)3)29-7-5-9-31(24(29)2)38-43-33-12-26(11-27(15-42)37(33)52-38)16-46-21-41(22-46)13-28(14-41)40(50)51/h5-12,23,28,48H,13-14,16-22H2,1-4H3,(H,50,51). The Hall–Kier alpha value is -4.93. The van der Waals surface area contributed by atoms with Gasteiger partial charge in [-0.25, -0.2) is 9.97 Å². The van der Waals surface area contributed by atoms with Gasteiger partial charge in [-0.3, -0.25) is 19.4 Å². The molecule has 5 aromatic rings. The highest BCUT2D eigenvalue weighted by Gasteiger charge is 2.54. The number of aromatic nitrogens is 2. The van der Waals surface area contributed by atoms with Crippen molar-refractivity contribution in [3.63, 3.8) is 0 Å². The lowest BCUT2D eigenvalue weighted by atomic mass is 9.57. The lowest BCUT2D eigenvalue weighted by Crippen LogP contribution is -2.62. The third-order valence-corrected chi connectivity index (χ3v) is 12.6. The van der Waals surface area contributed by atoms with Crippen molar-refractivity contribution in [2.75, 3.05) is 33.3 Å². The molecule has 0 radical (unpaired) electrons. The molecule has 1 aliphatic carbocycles. The van der Waals surface area contributed by atoms with E-state index >= 15 is 0 Å². The summed E-state index contributed by atoms with van der Waals surface area (Å²) in [6.07, 6.45) is 1.49. The molecule has 272 valence electrons. The molecule has 1 saturated carbocycles. The Morgan fingerprint density at radius 3 is 2.40 bits per heavy atom. The van der Waals surface area contributed by atoms with Gasteiger partial charge in [-0.2, -0.15) is 5.26 Å². The van der Waals surface area contributed by atoms with Crippen LogP contribution in [0.25, 0.3) is 44.3 Å². The van der Waals surface area contributed by atoms with Gasteiger partial charge < -0.3 is 19.5 Å². The Bertz CT molecular complexity index is 2290. The highest BCUT2D eigenvalue weighted by atomic mass is 32.1. The number of likely N-dealkylation sites (N-methyl/N-ethyl adjacent to an activating group) is 1. The molecule has 1 saturated heterocycles. The molecule has 1 amide bonds. The number of hydrogen-bond donors (Lipinski definition) is 2. The number of aliphatic hydroxyl groups excluding tert-OH is 1. The molecular weight excluding hydrogens is 689 g/mol. The molecule has 0 bridgehead atoms. The zero-order valence-corrected chi connectivity index (χ0v) is 31.2. The summed E-state index contributed by atoms with van der Waals surface area (Å²) >= 11 is 1.63. The number of nitrogens with zero attached hydrogens (tertiary/aromatic N) is 6. The maximum atomic E-state index is 13.0. The van der Waals surface area contributed by atoms with Crippen molar-refractivity contribution in [1.29, 1.82) is 5.26 Å². The number of carboxylic acids is 1. The van der Waals surface area contributed by atoms with Gasteiger partial charge in [-0.15, -0.1) is 11.3 Å². The summed E-state index contributed by atoms with van der Waals surface area (Å²) in [4.78, 5) is 41.2. The van der Waals surface area contributed by atoms with E-state index in [-0.39, 0.29) is 36.4 Å². The van der Waals surface area contributed by atoms with Gasteiger partial charge in [-0.1, -0.05) is 30.3 Å². The van der Waals surface area contributed by atoms with E-state index in [4.69, 9.17) is 14.4 Å². The summed E-state index contributed by atoms with van der Waals surface area (Å²) < 4.78 is 6.31. The van der Waals surface area contributed by atoms with Crippen molar-refractivity contribution in [2.24, 2.45) is 11.3 Å². The number of oxazole rings is 1. The largest absolute Gasteiger partial charge is 0.481 e. The van der Waals surface area contributed by atoms with Gasteiger partial charge in [0, 0.05) is 41.7 Å². The third kappa shape index (κ3) is 6.31. The van der Waals surface area contributed by atoms with Crippen LogP contribution in [0.5, 0.6) is 0 Å². The zero-order valence-electron chi connectivity index (χ0n) is 30.3. The van der Waals surface area contributed by atoms with Crippen LogP contribution in [0, 0.1) is 36.5 Å². The van der Waals surface area contributed by atoms with Crippen LogP contribution in [-0.2, 0) is 29.2 Å². The van der Waals surface area contributed by atoms with Crippen LogP contribution in [0.3, 0.4) is 0 Å². The van der Waals surface area contributed by atoms with Gasteiger partial charge in [0.05, 0.1) is 43.4 Å². The van der Waals surface area contributed by atoms with Crippen LogP contribution in [0.1, 0.15) is 52.6 Å². The first-order valence-corrected chi connectivity index (χ1v) is 18.8. The molecule has 2 N–H and O–H groups in total. The van der Waals surface area contributed by atoms with Crippen molar-refractivity contribution in [2.45, 2.75) is 59.3 Å². The van der Waals surface area contributed by atoms with E-state index in [1.54, 1.807) is 11.3 Å². The second kappa shape index (κ2) is 13.5. The van der Waals surface area contributed by atoms with E-state index in [1.807, 2.05) is 48.0 Å². The SMILES string of the molecule is Cc1c(-c2nc3cc(CN4CC5(CC(C(=O)O)C5)C4)cc(C#N)c3o2)cccc1-c1cccc(-c2nc3c(s2)CN(C(=O)CN(C)C(C)CO)C3)c1C. The van der Waals surface area contributed by atoms with Crippen LogP contribution >= 0.6 is 11.3 Å². The molecule has 3 aromatic carbocycles. The fraction of sp³-hybridized carbons (Fsp3) is 0.390. The minimum Gasteiger partial charge on any atom is -0.481 e. The number of nitriles is 1. The Morgan fingerprint density at radius 1 is 1.06 bits per heavy atom. The predicted octanol–water partition coefficient (Wildman–Crippen LogP) is 6.23. The summed E-state index contributed by atoms with van der Waals surface area (Å²) in [7, 11) is 1.85. The van der Waals surface area contributed by atoms with Crippen LogP contribution in [0.4, 0.5) is 0 Å². The van der Waals surface area contributed by atoms with Gasteiger partial charge in [0.25, 0.3) is 0 Å². The molecule has 1 spiro atoms. The van der Waals surface area contributed by atoms with Crippen LogP contribution in [0.2, 0.25) is 0 Å². The van der Waals surface area contributed by atoms with E-state index in [0.29, 0.717) is 42.2 Å². The maximum Gasteiger partial charge on any atom is 0.306 e. The molecule has 2 fully saturated rings. The summed E-state index contributed by atoms with van der Waals surface area (Å²) in [5.41, 5.74) is 9.80. The van der Waals surface area contributed by atoms with E-state index in [9.17, 15) is 25.1 Å². The number of carbonyl (C=O) groups excluding carboxylic acids is 1. The van der Waals surface area contributed by atoms with Crippen molar-refractivity contribution < 1.29 is 24.2 Å². The quantitative estimate of drug-likeness (QED) is 0.170. The second-order valence-corrected chi connectivity index (χ2v) is 16.3. The fourth-order valence-electron chi connectivity index (χ4n) is 8.33. The first kappa shape index (κ1) is 35.1. The third-order valence-electron chi connectivity index (χ3n) is 11.5.